The number of hydrogen-bond donors (Lipinski definition) is 2. The third-order valence-corrected chi connectivity index (χ3v) is 5.27. The van der Waals surface area contributed by atoms with E-state index in [0.29, 0.717) is 10.2 Å². The van der Waals surface area contributed by atoms with Crippen LogP contribution in [0.4, 0.5) is 26.3 Å². The first-order valence-electron chi connectivity index (χ1n) is 10.1. The van der Waals surface area contributed by atoms with Crippen molar-refractivity contribution in [2.45, 2.75) is 31.7 Å². The Morgan fingerprint density at radius 3 is 2.03 bits per heavy atom. The Balaban J connectivity index is 1.93. The van der Waals surface area contributed by atoms with Crippen LogP contribution in [-0.4, -0.2) is 26.8 Å². The molecule has 0 saturated carbocycles. The van der Waals surface area contributed by atoms with Crippen LogP contribution in [0.15, 0.2) is 48.5 Å². The molecule has 0 unspecified atom stereocenters. The monoisotopic (exact) mass is 499 g/mol. The standard InChI is InChI=1S/C23H19F6N3O3/c1-12(14-5-7-15(8-6-14)21(34)35)30-20(33)18-17(31-32(2)19(18)23(27,28)29)11-13-3-9-16(10-4-13)22(24,25)26/h3-10,12H,11H2,1-2H3,(H,30,33)(H,34,35)/t12-/m0/s1. The van der Waals surface area contributed by atoms with Gasteiger partial charge in [-0.25, -0.2) is 4.79 Å². The van der Waals surface area contributed by atoms with Crippen molar-refractivity contribution in [3.05, 3.63) is 87.7 Å². The normalized spacial score (nSPS) is 12.9. The van der Waals surface area contributed by atoms with Crippen LogP contribution in [0.3, 0.4) is 0 Å². The number of carbonyl (C=O) groups excluding carboxylic acids is 1. The summed E-state index contributed by atoms with van der Waals surface area (Å²) in [5.74, 6) is -2.24. The first kappa shape index (κ1) is 25.8. The molecule has 186 valence electrons. The first-order valence-corrected chi connectivity index (χ1v) is 10.1. The summed E-state index contributed by atoms with van der Waals surface area (Å²) < 4.78 is 80.2. The van der Waals surface area contributed by atoms with Gasteiger partial charge in [-0.3, -0.25) is 9.48 Å². The maximum absolute atomic E-state index is 13.8. The summed E-state index contributed by atoms with van der Waals surface area (Å²) in [5, 5.41) is 15.3. The number of benzene rings is 2. The molecule has 1 amide bonds. The van der Waals surface area contributed by atoms with Crippen molar-refractivity contribution in [3.8, 4) is 0 Å². The quantitative estimate of drug-likeness (QED) is 0.455. The number of rotatable bonds is 6. The fraction of sp³-hybridized carbons (Fsp3) is 0.261. The van der Waals surface area contributed by atoms with E-state index in [1.807, 2.05) is 0 Å². The number of carboxylic acids is 1. The summed E-state index contributed by atoms with van der Waals surface area (Å²) >= 11 is 0. The maximum atomic E-state index is 13.8. The Bertz CT molecular complexity index is 1230. The van der Waals surface area contributed by atoms with Crippen molar-refractivity contribution in [2.24, 2.45) is 7.05 Å². The van der Waals surface area contributed by atoms with Crippen molar-refractivity contribution >= 4 is 11.9 Å². The number of hydrogen-bond acceptors (Lipinski definition) is 3. The predicted octanol–water partition coefficient (Wildman–Crippen LogP) is 5.24. The molecule has 2 N–H and O–H groups in total. The number of halogens is 6. The maximum Gasteiger partial charge on any atom is 0.433 e. The van der Waals surface area contributed by atoms with Crippen molar-refractivity contribution < 1.29 is 41.0 Å². The molecule has 0 aliphatic heterocycles. The minimum absolute atomic E-state index is 0.00211. The number of aromatic nitrogens is 2. The molecular weight excluding hydrogens is 480 g/mol. The van der Waals surface area contributed by atoms with E-state index in [4.69, 9.17) is 5.11 Å². The highest BCUT2D eigenvalue weighted by molar-refractivity contribution is 5.97. The lowest BCUT2D eigenvalue weighted by Gasteiger charge is -2.16. The van der Waals surface area contributed by atoms with E-state index in [9.17, 15) is 35.9 Å². The van der Waals surface area contributed by atoms with Gasteiger partial charge in [-0.15, -0.1) is 0 Å². The second-order valence-corrected chi connectivity index (χ2v) is 7.79. The van der Waals surface area contributed by atoms with Gasteiger partial charge >= 0.3 is 18.3 Å². The molecule has 12 heteroatoms. The molecule has 0 saturated heterocycles. The number of alkyl halides is 6. The van der Waals surface area contributed by atoms with Crippen LogP contribution in [0.5, 0.6) is 0 Å². The fourth-order valence-electron chi connectivity index (χ4n) is 3.54. The Hall–Kier alpha value is -3.83. The molecule has 0 aliphatic rings. The van der Waals surface area contributed by atoms with Gasteiger partial charge in [0, 0.05) is 13.5 Å². The predicted molar refractivity (Wildman–Crippen MR) is 112 cm³/mol. The van der Waals surface area contributed by atoms with Gasteiger partial charge in [-0.2, -0.15) is 31.4 Å². The average Bonchev–Trinajstić information content (AvgIpc) is 3.09. The third-order valence-electron chi connectivity index (χ3n) is 5.27. The van der Waals surface area contributed by atoms with E-state index in [-0.39, 0.29) is 23.2 Å². The number of carboxylic acid groups (broad SMARTS) is 1. The van der Waals surface area contributed by atoms with Crippen LogP contribution >= 0.6 is 0 Å². The Labute approximate surface area is 195 Å². The number of amides is 1. The molecule has 3 aromatic rings. The molecule has 6 nitrogen and oxygen atoms in total. The molecule has 0 bridgehead atoms. The SMILES string of the molecule is C[C@H](NC(=O)c1c(Cc2ccc(C(F)(F)F)cc2)nn(C)c1C(F)(F)F)c1ccc(C(=O)O)cc1. The molecule has 2 aromatic carbocycles. The lowest BCUT2D eigenvalue weighted by atomic mass is 10.0. The fourth-order valence-corrected chi connectivity index (χ4v) is 3.54. The van der Waals surface area contributed by atoms with Crippen molar-refractivity contribution in [1.82, 2.24) is 15.1 Å². The smallest absolute Gasteiger partial charge is 0.433 e. The molecule has 35 heavy (non-hydrogen) atoms. The number of aromatic carboxylic acids is 1. The largest absolute Gasteiger partial charge is 0.478 e. The highest BCUT2D eigenvalue weighted by Gasteiger charge is 2.41. The van der Waals surface area contributed by atoms with E-state index in [2.05, 4.69) is 10.4 Å². The zero-order valence-corrected chi connectivity index (χ0v) is 18.3. The molecule has 3 rings (SSSR count). The summed E-state index contributed by atoms with van der Waals surface area (Å²) in [5.41, 5.74) is -2.54. The summed E-state index contributed by atoms with van der Waals surface area (Å²) in [6, 6.07) is 8.46. The summed E-state index contributed by atoms with van der Waals surface area (Å²) in [4.78, 5) is 24.0. The topological polar surface area (TPSA) is 84.2 Å². The van der Waals surface area contributed by atoms with E-state index < -0.39 is 47.1 Å². The average molecular weight is 499 g/mol. The molecule has 1 atom stereocenters. The van der Waals surface area contributed by atoms with Crippen LogP contribution in [0.1, 0.15) is 61.8 Å². The van der Waals surface area contributed by atoms with Crippen molar-refractivity contribution in [3.63, 3.8) is 0 Å². The van der Waals surface area contributed by atoms with Gasteiger partial charge in [0.25, 0.3) is 5.91 Å². The molecular formula is C23H19F6N3O3. The van der Waals surface area contributed by atoms with Gasteiger partial charge in [0.15, 0.2) is 5.69 Å². The first-order chi connectivity index (χ1) is 16.2. The van der Waals surface area contributed by atoms with Gasteiger partial charge in [0.2, 0.25) is 0 Å². The van der Waals surface area contributed by atoms with Gasteiger partial charge in [0.05, 0.1) is 28.4 Å². The molecule has 0 aliphatic carbocycles. The van der Waals surface area contributed by atoms with Gasteiger partial charge < -0.3 is 10.4 Å². The van der Waals surface area contributed by atoms with Crippen LogP contribution in [0, 0.1) is 0 Å². The van der Waals surface area contributed by atoms with E-state index in [1.165, 1.54) is 31.2 Å². The number of aryl methyl sites for hydroxylation is 1. The number of nitrogens with zero attached hydrogens (tertiary/aromatic N) is 2. The summed E-state index contributed by atoms with van der Waals surface area (Å²) in [6.45, 7) is 1.51. The van der Waals surface area contributed by atoms with E-state index in [1.54, 1.807) is 0 Å². The van der Waals surface area contributed by atoms with Crippen molar-refractivity contribution in [1.29, 1.82) is 0 Å². The minimum Gasteiger partial charge on any atom is -0.478 e. The number of carbonyl (C=O) groups is 2. The second kappa shape index (κ2) is 9.43. The van der Waals surface area contributed by atoms with E-state index >= 15 is 0 Å². The Morgan fingerprint density at radius 1 is 0.971 bits per heavy atom. The highest BCUT2D eigenvalue weighted by Crippen LogP contribution is 2.35. The second-order valence-electron chi connectivity index (χ2n) is 7.79. The molecule has 1 aromatic heterocycles. The molecule has 0 spiro atoms. The van der Waals surface area contributed by atoms with Crippen LogP contribution < -0.4 is 5.32 Å². The molecule has 0 radical (unpaired) electrons. The van der Waals surface area contributed by atoms with Gasteiger partial charge in [-0.05, 0) is 42.3 Å². The van der Waals surface area contributed by atoms with Crippen LogP contribution in [0.25, 0.3) is 0 Å². The summed E-state index contributed by atoms with van der Waals surface area (Å²) in [6.07, 6.45) is -9.82. The van der Waals surface area contributed by atoms with Crippen LogP contribution in [0.2, 0.25) is 0 Å². The van der Waals surface area contributed by atoms with Gasteiger partial charge in [0.1, 0.15) is 0 Å². The number of nitrogens with one attached hydrogen (secondary N) is 1. The van der Waals surface area contributed by atoms with Crippen LogP contribution in [-0.2, 0) is 25.8 Å². The minimum atomic E-state index is -4.93. The Kier molecular flexibility index (Phi) is 6.95. The van der Waals surface area contributed by atoms with Crippen molar-refractivity contribution in [2.75, 3.05) is 0 Å². The molecule has 1 heterocycles. The van der Waals surface area contributed by atoms with Gasteiger partial charge in [-0.1, -0.05) is 24.3 Å². The molecule has 0 fully saturated rings. The highest BCUT2D eigenvalue weighted by atomic mass is 19.4. The summed E-state index contributed by atoms with van der Waals surface area (Å²) in [7, 11) is 1.02. The zero-order valence-electron chi connectivity index (χ0n) is 18.3. The zero-order chi connectivity index (χ0) is 26.1. The lowest BCUT2D eigenvalue weighted by Crippen LogP contribution is -2.29. The third kappa shape index (κ3) is 5.81. The Morgan fingerprint density at radius 2 is 1.54 bits per heavy atom. The van der Waals surface area contributed by atoms with E-state index in [0.717, 1.165) is 31.3 Å². The lowest BCUT2D eigenvalue weighted by molar-refractivity contribution is -0.144.